The molecule has 2 aromatic carbocycles. The molecule has 35 heavy (non-hydrogen) atoms. The highest BCUT2D eigenvalue weighted by Crippen LogP contribution is 2.40. The van der Waals surface area contributed by atoms with Gasteiger partial charge in [-0.3, -0.25) is 9.69 Å². The van der Waals surface area contributed by atoms with Gasteiger partial charge in [-0.05, 0) is 42.5 Å². The second-order valence-corrected chi connectivity index (χ2v) is 9.77. The number of nitrogens with zero attached hydrogens (tertiary/aromatic N) is 3. The summed E-state index contributed by atoms with van der Waals surface area (Å²) in [5.41, 5.74) is -2.06. The van der Waals surface area contributed by atoms with Crippen molar-refractivity contribution in [3.05, 3.63) is 76.3 Å². The van der Waals surface area contributed by atoms with Gasteiger partial charge in [0.15, 0.2) is 17.3 Å². The van der Waals surface area contributed by atoms with Crippen molar-refractivity contribution in [2.45, 2.75) is 11.2 Å². The minimum atomic E-state index is -5.52. The van der Waals surface area contributed by atoms with Crippen LogP contribution in [0.1, 0.15) is 10.5 Å². The van der Waals surface area contributed by atoms with Gasteiger partial charge in [0.1, 0.15) is 6.61 Å². The molecule has 0 bridgehead atoms. The maximum atomic E-state index is 14.2. The van der Waals surface area contributed by atoms with E-state index >= 15 is 0 Å². The van der Waals surface area contributed by atoms with E-state index in [4.69, 9.17) is 27.9 Å². The minimum Gasteiger partial charge on any atom is -0.486 e. The number of carbonyl (C=O) groups excluding carboxylic acids is 1. The summed E-state index contributed by atoms with van der Waals surface area (Å²) in [5, 5.41) is -0.258. The summed E-state index contributed by atoms with van der Waals surface area (Å²) < 4.78 is 87.4. The smallest absolute Gasteiger partial charge is 0.486 e. The number of hydrogen-bond donors (Lipinski definition) is 0. The number of aromatic nitrogens is 1. The van der Waals surface area contributed by atoms with Crippen molar-refractivity contribution in [3.8, 4) is 5.75 Å². The van der Waals surface area contributed by atoms with Crippen molar-refractivity contribution in [1.29, 1.82) is 0 Å². The molecule has 1 aliphatic heterocycles. The van der Waals surface area contributed by atoms with Crippen molar-refractivity contribution in [1.82, 2.24) is 4.98 Å². The molecule has 4 rings (SSSR count). The number of fused-ring (bicyclic) bond motifs is 1. The lowest BCUT2D eigenvalue weighted by molar-refractivity contribution is -0.115. The zero-order valence-electron chi connectivity index (χ0n) is 17.3. The Hall–Kier alpha value is -3.09. The summed E-state index contributed by atoms with van der Waals surface area (Å²) in [6.07, 6.45) is -4.62. The van der Waals surface area contributed by atoms with Crippen molar-refractivity contribution >= 4 is 50.5 Å². The molecule has 7 nitrogen and oxygen atoms in total. The van der Waals surface area contributed by atoms with Crippen LogP contribution in [0.4, 0.5) is 28.9 Å². The number of carbonyl (C=O) groups is 1. The third kappa shape index (κ3) is 4.73. The van der Waals surface area contributed by atoms with E-state index in [0.29, 0.717) is 6.07 Å². The van der Waals surface area contributed by atoms with E-state index in [1.54, 1.807) is 0 Å². The third-order valence-corrected chi connectivity index (χ3v) is 7.09. The number of halogens is 6. The molecule has 0 radical (unpaired) electrons. The van der Waals surface area contributed by atoms with E-state index < -0.39 is 48.6 Å². The van der Waals surface area contributed by atoms with Gasteiger partial charge in [-0.25, -0.2) is 17.8 Å². The molecule has 2 heterocycles. The number of para-hydroxylation sites is 1. The van der Waals surface area contributed by atoms with Crippen LogP contribution in [0.25, 0.3) is 0 Å². The molecule has 1 aromatic heterocycles. The van der Waals surface area contributed by atoms with E-state index in [0.717, 1.165) is 41.4 Å². The Kier molecular flexibility index (Phi) is 6.56. The van der Waals surface area contributed by atoms with Gasteiger partial charge in [-0.15, -0.1) is 13.2 Å². The van der Waals surface area contributed by atoms with E-state index in [1.807, 2.05) is 0 Å². The van der Waals surface area contributed by atoms with Crippen molar-refractivity contribution in [3.63, 3.8) is 0 Å². The lowest BCUT2D eigenvalue weighted by atomic mass is 10.2. The summed E-state index contributed by atoms with van der Waals surface area (Å²) >= 11 is 11.6. The van der Waals surface area contributed by atoms with Gasteiger partial charge < -0.3 is 4.74 Å². The molecular formula is C21H13Cl2F4N3O4S. The summed E-state index contributed by atoms with van der Waals surface area (Å²) in [7, 11) is -5.30. The number of anilines is 2. The zero-order valence-corrected chi connectivity index (χ0v) is 19.6. The minimum absolute atomic E-state index is 0.0527. The Morgan fingerprint density at radius 3 is 2.43 bits per heavy atom. The molecule has 0 atom stereocenters. The van der Waals surface area contributed by atoms with Crippen LogP contribution in [0.3, 0.4) is 0 Å². The van der Waals surface area contributed by atoms with Gasteiger partial charge >= 0.3 is 6.30 Å². The summed E-state index contributed by atoms with van der Waals surface area (Å²) in [5.74, 6) is -2.18. The molecule has 1 aliphatic rings. The Morgan fingerprint density at radius 2 is 1.77 bits per heavy atom. The number of benzene rings is 2. The van der Waals surface area contributed by atoms with Gasteiger partial charge in [-0.1, -0.05) is 29.3 Å². The second-order valence-electron chi connectivity index (χ2n) is 7.11. The average Bonchev–Trinajstić information content (AvgIpc) is 2.78. The Labute approximate surface area is 206 Å². The second kappa shape index (κ2) is 9.17. The number of alkyl halides is 3. The van der Waals surface area contributed by atoms with Crippen molar-refractivity contribution < 1.29 is 35.5 Å². The predicted octanol–water partition coefficient (Wildman–Crippen LogP) is 5.28. The molecule has 0 N–H and O–H groups in total. The number of sulfonamides is 1. The monoisotopic (exact) mass is 549 g/mol. The molecule has 0 saturated heterocycles. The first-order chi connectivity index (χ1) is 16.4. The Bertz CT molecular complexity index is 1400. The Balaban J connectivity index is 1.88. The number of rotatable bonds is 4. The fraction of sp³-hybridized carbons (Fsp3) is 0.143. The van der Waals surface area contributed by atoms with Gasteiger partial charge in [-0.2, -0.15) is 4.31 Å². The molecule has 3 aromatic rings. The number of amides is 1. The van der Waals surface area contributed by atoms with Crippen LogP contribution in [0.2, 0.25) is 10.0 Å². The molecule has 0 unspecified atom stereocenters. The van der Waals surface area contributed by atoms with Crippen LogP contribution in [-0.4, -0.2) is 38.8 Å². The maximum absolute atomic E-state index is 14.2. The largest absolute Gasteiger partial charge is 0.498 e. The fourth-order valence-corrected chi connectivity index (χ4v) is 5.05. The molecule has 0 fully saturated rings. The highest BCUT2D eigenvalue weighted by atomic mass is 35.5. The number of ether oxygens (including phenoxy) is 1. The summed E-state index contributed by atoms with van der Waals surface area (Å²) in [6, 6.07) is 8.34. The third-order valence-electron chi connectivity index (χ3n) is 4.88. The first kappa shape index (κ1) is 25.0. The topological polar surface area (TPSA) is 79.8 Å². The molecule has 0 saturated carbocycles. The lowest BCUT2D eigenvalue weighted by Gasteiger charge is -2.31. The quantitative estimate of drug-likeness (QED) is 0.326. The van der Waals surface area contributed by atoms with Gasteiger partial charge in [0.25, 0.3) is 15.9 Å². The van der Waals surface area contributed by atoms with E-state index in [-0.39, 0.29) is 34.6 Å². The standard InChI is InChI=1S/C21H13Cl2F4N3O4S/c22-12-4-6-14(7-5-12)35(32,33)30(21(25,26)27)17-10-13(23)11-28-18(17)20(31)29-8-9-34-19-15(24)2-1-3-16(19)29/h1-7,10-11H,8-9H2. The van der Waals surface area contributed by atoms with Crippen molar-refractivity contribution in [2.75, 3.05) is 22.4 Å². The van der Waals surface area contributed by atoms with Gasteiger partial charge in [0.05, 0.1) is 27.8 Å². The molecular weight excluding hydrogens is 537 g/mol. The van der Waals surface area contributed by atoms with Crippen LogP contribution in [-0.2, 0) is 10.0 Å². The highest BCUT2D eigenvalue weighted by molar-refractivity contribution is 7.92. The first-order valence-corrected chi connectivity index (χ1v) is 11.9. The van der Waals surface area contributed by atoms with Crippen molar-refractivity contribution in [2.24, 2.45) is 0 Å². The molecule has 0 aliphatic carbocycles. The molecule has 1 amide bonds. The van der Waals surface area contributed by atoms with E-state index in [1.165, 1.54) is 12.1 Å². The van der Waals surface area contributed by atoms with Gasteiger partial charge in [0, 0.05) is 11.2 Å². The van der Waals surface area contributed by atoms with Crippen LogP contribution in [0.5, 0.6) is 5.75 Å². The van der Waals surface area contributed by atoms with Crippen LogP contribution in [0, 0.1) is 5.82 Å². The van der Waals surface area contributed by atoms with E-state index in [9.17, 15) is 30.8 Å². The fourth-order valence-electron chi connectivity index (χ4n) is 3.41. The lowest BCUT2D eigenvalue weighted by Crippen LogP contribution is -2.45. The average molecular weight is 550 g/mol. The Morgan fingerprint density at radius 1 is 1.09 bits per heavy atom. The zero-order chi connectivity index (χ0) is 25.5. The molecule has 184 valence electrons. The summed E-state index contributed by atoms with van der Waals surface area (Å²) in [4.78, 5) is 17.3. The molecule has 0 spiro atoms. The number of pyridine rings is 1. The van der Waals surface area contributed by atoms with Gasteiger partial charge in [0.2, 0.25) is 0 Å². The van der Waals surface area contributed by atoms with E-state index in [2.05, 4.69) is 4.98 Å². The highest BCUT2D eigenvalue weighted by Gasteiger charge is 2.49. The maximum Gasteiger partial charge on any atom is 0.498 e. The SMILES string of the molecule is O=C(c1ncc(Cl)cc1N(C(F)(F)F)S(=O)(=O)c1ccc(Cl)cc1)N1CCOc2c(F)cccc21. The molecule has 14 heteroatoms. The normalized spacial score (nSPS) is 13.7. The van der Waals surface area contributed by atoms with Crippen LogP contribution >= 0.6 is 23.2 Å². The number of hydrogen-bond acceptors (Lipinski definition) is 5. The van der Waals surface area contributed by atoms with Crippen LogP contribution in [0.15, 0.2) is 59.6 Å². The predicted molar refractivity (Wildman–Crippen MR) is 120 cm³/mol. The van der Waals surface area contributed by atoms with Crippen LogP contribution < -0.4 is 13.9 Å². The summed E-state index contributed by atoms with van der Waals surface area (Å²) in [6.45, 7) is -0.316. The first-order valence-electron chi connectivity index (χ1n) is 9.67.